The number of carboxylic acid groups (broad SMARTS) is 2. The Morgan fingerprint density at radius 2 is 1.27 bits per heavy atom. The number of hydrogen-bond donors (Lipinski definition) is 6. The van der Waals surface area contributed by atoms with E-state index in [1.807, 2.05) is 23.5 Å². The van der Waals surface area contributed by atoms with Gasteiger partial charge in [-0.05, 0) is 70.7 Å². The smallest absolute Gasteiger partial charge is 0 e. The third kappa shape index (κ3) is 40.6. The maximum absolute atomic E-state index is 12.0. The molecule has 0 aliphatic carbocycles. The molecule has 1 aliphatic heterocycles. The minimum Gasteiger partial charge on any atom is 0 e. The van der Waals surface area contributed by atoms with Gasteiger partial charge in [-0.1, -0.05) is 109 Å². The zero-order valence-electron chi connectivity index (χ0n) is 32.7. The quantitative estimate of drug-likeness (QED) is 0.0153. The average Bonchev–Trinajstić information content (AvgIpc) is 3.13. The van der Waals surface area contributed by atoms with Gasteiger partial charge in [0.25, 0.3) is 0 Å². The van der Waals surface area contributed by atoms with Crippen LogP contribution < -0.4 is 16.0 Å². The number of amides is 2. The Hall–Kier alpha value is 1.24. The van der Waals surface area contributed by atoms with Crippen molar-refractivity contribution in [2.24, 2.45) is 3.79 Å². The topological polar surface area (TPSA) is 196 Å². The van der Waals surface area contributed by atoms with E-state index in [0.29, 0.717) is 58.4 Å². The van der Waals surface area contributed by atoms with Gasteiger partial charge in [-0.2, -0.15) is 0 Å². The Bertz CT molecular complexity index is 1020. The Kier molecular flexibility index (Phi) is 48.7. The van der Waals surface area contributed by atoms with Crippen molar-refractivity contribution in [3.05, 3.63) is 7.05 Å². The summed E-state index contributed by atoms with van der Waals surface area (Å²) >= 11 is 1.98. The van der Waals surface area contributed by atoms with E-state index in [1.165, 1.54) is 123 Å². The molecular weight excluding hydrogens is 960 g/mol. The first-order valence-electron chi connectivity index (χ1n) is 18.7. The van der Waals surface area contributed by atoms with Crippen molar-refractivity contribution >= 4 is 88.5 Å². The maximum atomic E-state index is 12.0. The Morgan fingerprint density at radius 1 is 0.786 bits per heavy atom. The number of ether oxygens (including phenoxy) is 2. The number of carboxylic acids is 2. The number of carbonyl (C=O) groups excluding carboxylic acids is 2. The van der Waals surface area contributed by atoms with Crippen LogP contribution in [0.5, 0.6) is 0 Å². The molecule has 0 spiro atoms. The van der Waals surface area contributed by atoms with E-state index >= 15 is 0 Å². The molecular formula is C34H68FN4O9S6VY-. The third-order valence-corrected chi connectivity index (χ3v) is 18.5. The molecule has 1 saturated heterocycles. The Balaban J connectivity index is -0.00000129. The molecule has 330 valence electrons. The molecule has 1 atom stereocenters. The molecule has 13 nitrogen and oxygen atoms in total. The number of carbonyl (C=O) groups is 4. The van der Waals surface area contributed by atoms with Gasteiger partial charge in [0.1, 0.15) is 17.4 Å². The van der Waals surface area contributed by atoms with Crippen molar-refractivity contribution in [3.63, 3.8) is 0 Å². The monoisotopic (exact) mass is 1030 g/mol. The van der Waals surface area contributed by atoms with E-state index in [1.54, 1.807) is 0 Å². The number of rotatable bonds is 35. The molecule has 0 aromatic heterocycles. The first kappa shape index (κ1) is 61.5. The molecule has 0 aromatic carbocycles. The van der Waals surface area contributed by atoms with Gasteiger partial charge in [0.2, 0.25) is 15.4 Å². The van der Waals surface area contributed by atoms with E-state index in [-0.39, 0.29) is 70.0 Å². The zero-order valence-corrected chi connectivity index (χ0v) is 41.8. The maximum Gasteiger partial charge on any atom is 0 e. The third-order valence-electron chi connectivity index (χ3n) is 7.77. The summed E-state index contributed by atoms with van der Waals surface area (Å²) in [6.45, 7) is 1.78. The summed E-state index contributed by atoms with van der Waals surface area (Å²) in [5, 5.41) is 37.4. The Labute approximate surface area is 395 Å². The first-order valence-corrected chi connectivity index (χ1v) is 26.3. The predicted octanol–water partition coefficient (Wildman–Crippen LogP) is 8.62. The van der Waals surface area contributed by atoms with Crippen LogP contribution in [0, 0.1) is 7.05 Å². The van der Waals surface area contributed by atoms with E-state index in [2.05, 4.69) is 26.8 Å². The summed E-state index contributed by atoms with van der Waals surface area (Å²) in [6.07, 6.45) is 20.6. The van der Waals surface area contributed by atoms with Gasteiger partial charge in [-0.3, -0.25) is 29.2 Å². The number of unbranched alkanes of at least 4 members (excludes halogenated alkanes) is 14. The van der Waals surface area contributed by atoms with Crippen molar-refractivity contribution in [2.45, 2.75) is 136 Å². The molecule has 1 heterocycles. The number of nitrogens with one attached hydrogen (secondary N) is 3. The van der Waals surface area contributed by atoms with Crippen molar-refractivity contribution in [3.8, 4) is 0 Å². The zero-order chi connectivity index (χ0) is 40.1. The van der Waals surface area contributed by atoms with Crippen LogP contribution in [0.2, 0.25) is 0 Å². The van der Waals surface area contributed by atoms with Crippen molar-refractivity contribution in [1.29, 1.82) is 0 Å². The van der Waals surface area contributed by atoms with E-state index in [0.717, 1.165) is 32.1 Å². The summed E-state index contributed by atoms with van der Waals surface area (Å²) in [5.74, 6) is -1.80. The summed E-state index contributed by atoms with van der Waals surface area (Å²) in [4.78, 5) is 46.2. The number of aliphatic carboxylic acids is 2. The summed E-state index contributed by atoms with van der Waals surface area (Å²) in [5.41, 5.74) is 0. The fraction of sp³-hybridized carbons (Fsp3) is 0.853. The van der Waals surface area contributed by atoms with Crippen LogP contribution in [0.3, 0.4) is 0 Å². The molecule has 1 aliphatic rings. The van der Waals surface area contributed by atoms with E-state index < -0.39 is 21.6 Å². The molecule has 2 amide bonds. The van der Waals surface area contributed by atoms with E-state index in [9.17, 15) is 29.4 Å². The molecule has 0 bridgehead atoms. The molecule has 22 heteroatoms. The molecule has 1 fully saturated rings. The fourth-order valence-corrected chi connectivity index (χ4v) is 16.3. The van der Waals surface area contributed by atoms with Crippen LogP contribution in [0.25, 0.3) is 0 Å². The number of hydrogen-bond acceptors (Lipinski definition) is 15. The van der Waals surface area contributed by atoms with Crippen LogP contribution in [0.4, 0.5) is 4.70 Å². The van der Waals surface area contributed by atoms with Gasteiger partial charge in [0, 0.05) is 61.5 Å². The van der Waals surface area contributed by atoms with Crippen molar-refractivity contribution in [1.82, 2.24) is 16.0 Å². The normalized spacial score (nSPS) is 16.6. The number of aliphatic hydroxyl groups is 1. The SMILES string of the molecule is CSSC1(O)SSC(N[C@@H](CCCCNC(=O)COCCOCCNC(=O)CCCCCCCCCCCCCCCCC(=O)O)C(=O)O)SS1.F.[CH2-][N]=[V].[HH].[HH].[Y]. The second-order valence-electron chi connectivity index (χ2n) is 12.4. The van der Waals surface area contributed by atoms with Crippen LogP contribution >= 0.6 is 64.8 Å². The van der Waals surface area contributed by atoms with Crippen LogP contribution in [-0.2, 0) is 78.6 Å². The van der Waals surface area contributed by atoms with Crippen molar-refractivity contribution < 1.29 is 101 Å². The first-order chi connectivity index (χ1) is 26.1. The van der Waals surface area contributed by atoms with Gasteiger partial charge < -0.3 is 35.4 Å². The fourth-order valence-electron chi connectivity index (χ4n) is 5.04. The molecule has 0 aromatic rings. The summed E-state index contributed by atoms with van der Waals surface area (Å²) in [7, 11) is 11.4. The van der Waals surface area contributed by atoms with Gasteiger partial charge in [-0.25, -0.2) is 0 Å². The minimum absolute atomic E-state index is 0. The standard InChI is InChI=1S/C33H61N3O9S6.CH2N.FH.V.Y.2H2/c1-46-49-33(43)50-47-32(48-51-33)36-27(31(41)42)18-16-17-21-34-29(38)26-45-25-24-44-23-22-35-28(37)19-14-12-10-8-6-4-2-3-5-7-9-11-13-15-20-30(39)40;1-2;;;;;/h27,32,36,43H,2-26H2,1H3,(H,34,38)(H,35,37)(H,39,40)(H,41,42);1H2;1H;;;2*1H/q;-1;;;;;/t27-,32?,33?;;;;;;/m0....../s1. The summed E-state index contributed by atoms with van der Waals surface area (Å²) < 4.78 is 12.9. The second kappa shape index (κ2) is 44.3. The Morgan fingerprint density at radius 3 is 1.77 bits per heavy atom. The second-order valence-corrected chi connectivity index (χ2v) is 21.5. The molecule has 1 rings (SSSR count). The van der Waals surface area contributed by atoms with Gasteiger partial charge >= 0.3 is 40.0 Å². The molecule has 56 heavy (non-hydrogen) atoms. The van der Waals surface area contributed by atoms with Crippen molar-refractivity contribution in [2.75, 3.05) is 45.8 Å². The van der Waals surface area contributed by atoms with E-state index in [4.69, 9.17) is 14.6 Å². The predicted molar refractivity (Wildman–Crippen MR) is 232 cm³/mol. The van der Waals surface area contributed by atoms with Gasteiger partial charge in [-0.15, -0.1) is 0 Å². The van der Waals surface area contributed by atoms with Gasteiger partial charge in [0.05, 0.1) is 19.8 Å². The van der Waals surface area contributed by atoms with Gasteiger partial charge in [0.15, 0.2) is 0 Å². The molecule has 0 saturated carbocycles. The minimum atomic E-state index is -0.961. The number of nitrogens with zero attached hydrogens (tertiary/aromatic N) is 1. The van der Waals surface area contributed by atoms with Crippen LogP contribution in [0.1, 0.15) is 125 Å². The largest absolute Gasteiger partial charge is 0 e. The average molecular weight is 1030 g/mol. The van der Waals surface area contributed by atoms with Crippen LogP contribution in [-0.4, -0.2) is 99.2 Å². The number of halogens is 1. The van der Waals surface area contributed by atoms with Crippen LogP contribution in [0.15, 0.2) is 3.79 Å². The summed E-state index contributed by atoms with van der Waals surface area (Å²) in [6, 6.07) is -0.706. The molecule has 6 N–H and O–H groups in total. The molecule has 0 unspecified atom stereocenters. The molecule has 1 radical (unpaired) electrons.